The number of ether oxygens (including phenoxy) is 1. The van der Waals surface area contributed by atoms with Crippen LogP contribution in [0.4, 0.5) is 0 Å². The fraction of sp³-hybridized carbons (Fsp3) is 0.533. The summed E-state index contributed by atoms with van der Waals surface area (Å²) in [5.74, 6) is -2.13. The molecule has 2 rings (SSSR count). The van der Waals surface area contributed by atoms with Gasteiger partial charge >= 0.3 is 5.97 Å². The highest BCUT2D eigenvalue weighted by atomic mass is 16.5. The highest BCUT2D eigenvalue weighted by Gasteiger charge is 2.36. The van der Waals surface area contributed by atoms with E-state index in [2.05, 4.69) is 6.92 Å². The van der Waals surface area contributed by atoms with Crippen LogP contribution in [0.1, 0.15) is 67.5 Å². The van der Waals surface area contributed by atoms with E-state index < -0.39 is 29.3 Å². The Morgan fingerprint density at radius 2 is 1.80 bits per heavy atom. The van der Waals surface area contributed by atoms with E-state index in [9.17, 15) is 20.1 Å². The van der Waals surface area contributed by atoms with E-state index in [1.807, 2.05) is 0 Å². The van der Waals surface area contributed by atoms with E-state index in [0.29, 0.717) is 12.0 Å². The number of fused-ring (bicyclic) bond motifs is 1. The Morgan fingerprint density at radius 3 is 2.50 bits per heavy atom. The molecule has 0 saturated heterocycles. The Kier molecular flexibility index (Phi) is 4.37. The summed E-state index contributed by atoms with van der Waals surface area (Å²) < 4.78 is 5.21. The quantitative estimate of drug-likeness (QED) is 0.422. The van der Waals surface area contributed by atoms with Gasteiger partial charge in [-0.1, -0.05) is 32.6 Å². The molecule has 1 aliphatic rings. The Morgan fingerprint density at radius 1 is 1.10 bits per heavy atom. The molecule has 0 saturated carbocycles. The standard InChI is InChI=1S/C15H20O5/c1-2-3-4-5-6-7-11-12-9(15(19)20-11)8-10(16)13(17)14(12)18/h8,11,16-18H,2-7H2,1H3. The van der Waals surface area contributed by atoms with Crippen molar-refractivity contribution in [2.24, 2.45) is 0 Å². The number of carbonyl (C=O) groups excluding carboxylic acids is 1. The van der Waals surface area contributed by atoms with Crippen LogP contribution in [-0.2, 0) is 4.74 Å². The molecule has 0 bridgehead atoms. The van der Waals surface area contributed by atoms with Crippen LogP contribution >= 0.6 is 0 Å². The van der Waals surface area contributed by atoms with Crippen molar-refractivity contribution in [1.82, 2.24) is 0 Å². The summed E-state index contributed by atoms with van der Waals surface area (Å²) >= 11 is 0. The van der Waals surface area contributed by atoms with Crippen LogP contribution in [-0.4, -0.2) is 21.3 Å². The van der Waals surface area contributed by atoms with Gasteiger partial charge in [0.1, 0.15) is 6.10 Å². The molecular weight excluding hydrogens is 260 g/mol. The lowest BCUT2D eigenvalue weighted by Gasteiger charge is -2.12. The first-order chi connectivity index (χ1) is 9.56. The van der Waals surface area contributed by atoms with E-state index in [1.165, 1.54) is 6.42 Å². The van der Waals surface area contributed by atoms with Crippen molar-refractivity contribution in [3.8, 4) is 17.2 Å². The average Bonchev–Trinajstić information content (AvgIpc) is 2.73. The number of carbonyl (C=O) groups is 1. The molecule has 5 nitrogen and oxygen atoms in total. The highest BCUT2D eigenvalue weighted by Crippen LogP contribution is 2.48. The molecule has 0 aliphatic carbocycles. The number of benzene rings is 1. The zero-order valence-electron chi connectivity index (χ0n) is 11.6. The van der Waals surface area contributed by atoms with Gasteiger partial charge in [0, 0.05) is 0 Å². The molecule has 0 aromatic heterocycles. The second-order valence-electron chi connectivity index (χ2n) is 5.15. The molecular formula is C15H20O5. The number of cyclic esters (lactones) is 1. The lowest BCUT2D eigenvalue weighted by atomic mass is 9.98. The van der Waals surface area contributed by atoms with Gasteiger partial charge in [-0.2, -0.15) is 0 Å². The minimum absolute atomic E-state index is 0.136. The molecule has 5 heteroatoms. The van der Waals surface area contributed by atoms with Gasteiger partial charge < -0.3 is 20.1 Å². The molecule has 1 heterocycles. The van der Waals surface area contributed by atoms with Gasteiger partial charge in [-0.25, -0.2) is 4.79 Å². The summed E-state index contributed by atoms with van der Waals surface area (Å²) in [4.78, 5) is 11.7. The molecule has 1 unspecified atom stereocenters. The first kappa shape index (κ1) is 14.5. The number of hydrogen-bond acceptors (Lipinski definition) is 5. The lowest BCUT2D eigenvalue weighted by Crippen LogP contribution is -1.99. The number of phenols is 3. The number of hydrogen-bond donors (Lipinski definition) is 3. The first-order valence-electron chi connectivity index (χ1n) is 7.05. The van der Waals surface area contributed by atoms with Crippen molar-refractivity contribution in [2.45, 2.75) is 51.6 Å². The predicted molar refractivity (Wildman–Crippen MR) is 73.0 cm³/mol. The molecule has 1 aliphatic heterocycles. The topological polar surface area (TPSA) is 87.0 Å². The van der Waals surface area contributed by atoms with Crippen LogP contribution < -0.4 is 0 Å². The third kappa shape index (κ3) is 2.66. The smallest absolute Gasteiger partial charge is 0.339 e. The highest BCUT2D eigenvalue weighted by molar-refractivity contribution is 5.96. The van der Waals surface area contributed by atoms with Gasteiger partial charge in [-0.05, 0) is 18.9 Å². The van der Waals surface area contributed by atoms with Gasteiger partial charge in [0.15, 0.2) is 11.5 Å². The number of esters is 1. The second kappa shape index (κ2) is 6.03. The molecule has 110 valence electrons. The van der Waals surface area contributed by atoms with Crippen LogP contribution in [0.25, 0.3) is 0 Å². The molecule has 0 spiro atoms. The van der Waals surface area contributed by atoms with Crippen molar-refractivity contribution in [3.63, 3.8) is 0 Å². The summed E-state index contributed by atoms with van der Waals surface area (Å²) in [5, 5.41) is 28.9. The van der Waals surface area contributed by atoms with Gasteiger partial charge in [0.25, 0.3) is 0 Å². The molecule has 0 radical (unpaired) electrons. The minimum Gasteiger partial charge on any atom is -0.504 e. The Balaban J connectivity index is 2.09. The van der Waals surface area contributed by atoms with Crippen LogP contribution in [0.2, 0.25) is 0 Å². The fourth-order valence-corrected chi connectivity index (χ4v) is 2.54. The van der Waals surface area contributed by atoms with Crippen LogP contribution in [0.15, 0.2) is 6.07 Å². The molecule has 3 N–H and O–H groups in total. The maximum atomic E-state index is 11.7. The summed E-state index contributed by atoms with van der Waals surface area (Å²) in [6.07, 6.45) is 5.49. The summed E-state index contributed by atoms with van der Waals surface area (Å²) in [6.45, 7) is 2.14. The molecule has 0 fully saturated rings. The largest absolute Gasteiger partial charge is 0.504 e. The molecule has 1 aromatic carbocycles. The number of aromatic hydroxyl groups is 3. The molecule has 1 aromatic rings. The number of unbranched alkanes of at least 4 members (excludes halogenated alkanes) is 4. The van der Waals surface area contributed by atoms with Gasteiger partial charge in [-0.3, -0.25) is 0 Å². The minimum atomic E-state index is -0.599. The van der Waals surface area contributed by atoms with E-state index in [-0.39, 0.29) is 5.56 Å². The summed E-state index contributed by atoms with van der Waals surface area (Å²) in [7, 11) is 0. The van der Waals surface area contributed by atoms with Gasteiger partial charge in [-0.15, -0.1) is 0 Å². The molecule has 20 heavy (non-hydrogen) atoms. The SMILES string of the molecule is CCCCCCCC1OC(=O)c2cc(O)c(O)c(O)c21. The molecule has 0 amide bonds. The van der Waals surface area contributed by atoms with E-state index in [0.717, 1.165) is 31.7 Å². The predicted octanol–water partition coefficient (Wildman–Crippen LogP) is 3.38. The number of rotatable bonds is 6. The van der Waals surface area contributed by atoms with Crippen molar-refractivity contribution >= 4 is 5.97 Å². The number of phenolic OH excluding ortho intramolecular Hbond substituents is 3. The van der Waals surface area contributed by atoms with Crippen molar-refractivity contribution in [2.75, 3.05) is 0 Å². The fourth-order valence-electron chi connectivity index (χ4n) is 2.54. The zero-order valence-corrected chi connectivity index (χ0v) is 11.6. The van der Waals surface area contributed by atoms with Crippen LogP contribution in [0.3, 0.4) is 0 Å². The van der Waals surface area contributed by atoms with Gasteiger partial charge in [0.2, 0.25) is 5.75 Å². The van der Waals surface area contributed by atoms with E-state index >= 15 is 0 Å². The Hall–Kier alpha value is -1.91. The van der Waals surface area contributed by atoms with Crippen LogP contribution in [0, 0.1) is 0 Å². The summed E-state index contributed by atoms with van der Waals surface area (Å²) in [5.41, 5.74) is 0.428. The Labute approximate surface area is 117 Å². The maximum Gasteiger partial charge on any atom is 0.339 e. The molecule has 1 atom stereocenters. The zero-order chi connectivity index (χ0) is 14.7. The van der Waals surface area contributed by atoms with Crippen molar-refractivity contribution < 1.29 is 24.9 Å². The first-order valence-corrected chi connectivity index (χ1v) is 7.05. The monoisotopic (exact) mass is 280 g/mol. The van der Waals surface area contributed by atoms with Crippen molar-refractivity contribution in [1.29, 1.82) is 0 Å². The average molecular weight is 280 g/mol. The third-order valence-electron chi connectivity index (χ3n) is 3.65. The van der Waals surface area contributed by atoms with Crippen LogP contribution in [0.5, 0.6) is 17.2 Å². The van der Waals surface area contributed by atoms with E-state index in [1.54, 1.807) is 0 Å². The third-order valence-corrected chi connectivity index (χ3v) is 3.65. The van der Waals surface area contributed by atoms with E-state index in [4.69, 9.17) is 4.74 Å². The lowest BCUT2D eigenvalue weighted by molar-refractivity contribution is 0.0360. The summed E-state index contributed by atoms with van der Waals surface area (Å²) in [6, 6.07) is 1.14. The second-order valence-corrected chi connectivity index (χ2v) is 5.15. The van der Waals surface area contributed by atoms with Crippen molar-refractivity contribution in [3.05, 3.63) is 17.2 Å². The normalized spacial score (nSPS) is 17.1. The maximum absolute atomic E-state index is 11.7. The Bertz CT molecular complexity index is 509. The van der Waals surface area contributed by atoms with Gasteiger partial charge in [0.05, 0.1) is 11.1 Å².